The number of hydrogen-bond acceptors (Lipinski definition) is 16. The van der Waals surface area contributed by atoms with Crippen LogP contribution in [0.1, 0.15) is 75.5 Å². The molecule has 0 spiro atoms. The van der Waals surface area contributed by atoms with Gasteiger partial charge in [0, 0.05) is 25.7 Å². The van der Waals surface area contributed by atoms with Crippen molar-refractivity contribution in [1.29, 1.82) is 0 Å². The van der Waals surface area contributed by atoms with E-state index in [-0.39, 0.29) is 16.7 Å². The molecule has 336 valence electrons. The summed E-state index contributed by atoms with van der Waals surface area (Å²) in [4.78, 5) is 69.6. The Kier molecular flexibility index (Phi) is 12.2. The number of benzene rings is 3. The SMILES string of the molecule is CC(=O)O[C@H]1C(=O)[C@@]2(C)[C@H]([C@@H](OC(=O)c3ccccc3)[C@]3(O)C[C@H](OC(=O)[C@H](O)[C@@H](N)c4ccc(OCc5ccccc5)cc4)C(C)=C1C3(C)C)C1(OC(C)=O)CO[C@@H]1[C@H](O)[C@@H]2O. The molecule has 2 saturated carbocycles. The Hall–Kier alpha value is -5.49. The van der Waals surface area contributed by atoms with E-state index in [4.69, 9.17) is 34.2 Å². The fourth-order valence-electron chi connectivity index (χ4n) is 10.2. The molecule has 12 atom stereocenters. The Bertz CT molecular complexity index is 2280. The van der Waals surface area contributed by atoms with E-state index in [1.54, 1.807) is 42.5 Å². The zero-order valence-electron chi connectivity index (χ0n) is 35.8. The number of ketones is 1. The summed E-state index contributed by atoms with van der Waals surface area (Å²) < 4.78 is 35.6. The van der Waals surface area contributed by atoms with Crippen molar-refractivity contribution < 1.29 is 72.8 Å². The second kappa shape index (κ2) is 16.9. The first-order chi connectivity index (χ1) is 29.7. The molecule has 4 aliphatic rings. The standard InChI is InChI=1S/C47H53NO15/c1-24-31(61-43(56)34(51)33(48)28-17-19-30(20-18-28)58-22-27-13-9-7-10-14-27)21-47(57)41(62-42(55)29-15-11-8-12-16-29)37-45(6,39(54)36(60-25(2)49)32(24)44(47,4)5)38(53)35(52)40-46(37,23-59-40)63-26(3)50/h7-20,31,33-38,40-41,51-53,57H,21-23,48H2,1-6H3/t31-,33-,34+,35+,36+,37-,38-,40+,41+,45-,46?,47+/m0/s1. The lowest BCUT2D eigenvalue weighted by Gasteiger charge is -2.68. The average Bonchev–Trinajstić information content (AvgIpc) is 3.24. The van der Waals surface area contributed by atoms with Gasteiger partial charge in [-0.05, 0) is 60.4 Å². The number of carbonyl (C=O) groups excluding carboxylic acids is 5. The lowest BCUT2D eigenvalue weighted by molar-refractivity contribution is -0.369. The number of fused-ring (bicyclic) bond motifs is 5. The summed E-state index contributed by atoms with van der Waals surface area (Å²) in [5.74, 6) is -6.21. The van der Waals surface area contributed by atoms with Crippen LogP contribution in [0.15, 0.2) is 96.1 Å². The lowest BCUT2D eigenvalue weighted by atomic mass is 9.44. The summed E-state index contributed by atoms with van der Waals surface area (Å²) in [6, 6.07) is 22.4. The molecule has 7 rings (SSSR count). The van der Waals surface area contributed by atoms with Gasteiger partial charge in [0.25, 0.3) is 0 Å². The van der Waals surface area contributed by atoms with Crippen molar-refractivity contribution in [3.8, 4) is 5.75 Å². The molecule has 6 N–H and O–H groups in total. The minimum absolute atomic E-state index is 0.0322. The van der Waals surface area contributed by atoms with Gasteiger partial charge in [-0.25, -0.2) is 9.59 Å². The first-order valence-corrected chi connectivity index (χ1v) is 20.7. The van der Waals surface area contributed by atoms with E-state index in [1.165, 1.54) is 39.8 Å². The Morgan fingerprint density at radius 2 is 1.49 bits per heavy atom. The third kappa shape index (κ3) is 7.61. The van der Waals surface area contributed by atoms with Crippen molar-refractivity contribution in [2.75, 3.05) is 6.61 Å². The molecule has 1 saturated heterocycles. The van der Waals surface area contributed by atoms with E-state index in [2.05, 4.69) is 0 Å². The van der Waals surface area contributed by atoms with Gasteiger partial charge < -0.3 is 54.6 Å². The second-order valence-corrected chi connectivity index (χ2v) is 17.6. The molecule has 3 aliphatic carbocycles. The zero-order valence-corrected chi connectivity index (χ0v) is 35.8. The van der Waals surface area contributed by atoms with E-state index >= 15 is 4.79 Å². The molecular formula is C47H53NO15. The summed E-state index contributed by atoms with van der Waals surface area (Å²) in [6.07, 6.45) is -13.2. The molecule has 1 aliphatic heterocycles. The van der Waals surface area contributed by atoms with Crippen LogP contribution in [0.2, 0.25) is 0 Å². The van der Waals surface area contributed by atoms with Gasteiger partial charge in [0.05, 0.1) is 35.6 Å². The van der Waals surface area contributed by atoms with Gasteiger partial charge in [0.2, 0.25) is 0 Å². The number of aliphatic hydroxyl groups is 4. The van der Waals surface area contributed by atoms with E-state index in [0.29, 0.717) is 17.9 Å². The molecule has 16 heteroatoms. The first kappa shape index (κ1) is 45.5. The van der Waals surface area contributed by atoms with Crippen LogP contribution in [0.25, 0.3) is 0 Å². The van der Waals surface area contributed by atoms with Crippen LogP contribution in [-0.2, 0) is 49.5 Å². The molecule has 63 heavy (non-hydrogen) atoms. The summed E-state index contributed by atoms with van der Waals surface area (Å²) in [6.45, 7) is 7.78. The maximum absolute atomic E-state index is 15.5. The number of esters is 4. The number of aliphatic hydroxyl groups excluding tert-OH is 3. The van der Waals surface area contributed by atoms with Gasteiger partial charge in [-0.1, -0.05) is 74.5 Å². The lowest BCUT2D eigenvalue weighted by Crippen LogP contribution is -2.85. The Balaban J connectivity index is 1.31. The Morgan fingerprint density at radius 1 is 0.873 bits per heavy atom. The number of rotatable bonds is 11. The van der Waals surface area contributed by atoms with Gasteiger partial charge in [-0.3, -0.25) is 14.4 Å². The molecule has 1 unspecified atom stereocenters. The summed E-state index contributed by atoms with van der Waals surface area (Å²) in [5, 5.41) is 48.6. The van der Waals surface area contributed by atoms with Gasteiger partial charge in [-0.15, -0.1) is 0 Å². The van der Waals surface area contributed by atoms with Crippen molar-refractivity contribution in [1.82, 2.24) is 0 Å². The number of ether oxygens (including phenoxy) is 6. The van der Waals surface area contributed by atoms with Crippen LogP contribution in [0.3, 0.4) is 0 Å². The molecule has 2 bridgehead atoms. The van der Waals surface area contributed by atoms with E-state index in [1.807, 2.05) is 30.3 Å². The van der Waals surface area contributed by atoms with Crippen LogP contribution in [0, 0.1) is 16.7 Å². The smallest absolute Gasteiger partial charge is 0.338 e. The quantitative estimate of drug-likeness (QED) is 0.106. The van der Waals surface area contributed by atoms with Crippen LogP contribution in [0.5, 0.6) is 5.75 Å². The Labute approximate surface area is 363 Å². The van der Waals surface area contributed by atoms with Gasteiger partial charge in [-0.2, -0.15) is 0 Å². The zero-order chi connectivity index (χ0) is 45.8. The van der Waals surface area contributed by atoms with Crippen LogP contribution in [-0.4, -0.2) is 111 Å². The highest BCUT2D eigenvalue weighted by molar-refractivity contribution is 5.95. The summed E-state index contributed by atoms with van der Waals surface area (Å²) in [5.41, 5.74) is -0.645. The van der Waals surface area contributed by atoms with Gasteiger partial charge >= 0.3 is 23.9 Å². The molecule has 0 radical (unpaired) electrons. The highest BCUT2D eigenvalue weighted by Crippen LogP contribution is 2.64. The molecular weight excluding hydrogens is 819 g/mol. The van der Waals surface area contributed by atoms with Crippen molar-refractivity contribution in [3.05, 3.63) is 113 Å². The maximum Gasteiger partial charge on any atom is 0.338 e. The molecule has 16 nitrogen and oxygen atoms in total. The van der Waals surface area contributed by atoms with Gasteiger partial charge in [0.1, 0.15) is 42.4 Å². The third-order valence-corrected chi connectivity index (χ3v) is 13.6. The minimum atomic E-state index is -2.44. The third-order valence-electron chi connectivity index (χ3n) is 13.6. The fraction of sp³-hybridized carbons (Fsp3) is 0.468. The highest BCUT2D eigenvalue weighted by Gasteiger charge is 2.80. The van der Waals surface area contributed by atoms with Crippen molar-refractivity contribution in [2.45, 2.75) is 115 Å². The second-order valence-electron chi connectivity index (χ2n) is 17.6. The van der Waals surface area contributed by atoms with Crippen molar-refractivity contribution in [3.63, 3.8) is 0 Å². The van der Waals surface area contributed by atoms with Gasteiger partial charge in [0.15, 0.2) is 23.6 Å². The topological polar surface area (TPSA) is 248 Å². The minimum Gasteiger partial charge on any atom is -0.489 e. The molecule has 0 amide bonds. The number of hydrogen-bond donors (Lipinski definition) is 5. The highest BCUT2D eigenvalue weighted by atomic mass is 16.6. The van der Waals surface area contributed by atoms with Crippen molar-refractivity contribution >= 4 is 29.7 Å². The monoisotopic (exact) mass is 871 g/mol. The van der Waals surface area contributed by atoms with Crippen molar-refractivity contribution in [2.24, 2.45) is 22.5 Å². The largest absolute Gasteiger partial charge is 0.489 e. The number of carbonyl (C=O) groups is 5. The molecule has 1 heterocycles. The first-order valence-electron chi connectivity index (χ1n) is 20.7. The fourth-order valence-corrected chi connectivity index (χ4v) is 10.2. The predicted molar refractivity (Wildman–Crippen MR) is 220 cm³/mol. The van der Waals surface area contributed by atoms with E-state index in [9.17, 15) is 39.6 Å². The number of nitrogens with two attached hydrogens (primary N) is 1. The van der Waals surface area contributed by atoms with Crippen LogP contribution < -0.4 is 10.5 Å². The molecule has 0 aromatic heterocycles. The normalized spacial score (nSPS) is 32.8. The van der Waals surface area contributed by atoms with Crippen LogP contribution in [0.4, 0.5) is 0 Å². The predicted octanol–water partition coefficient (Wildman–Crippen LogP) is 2.81. The van der Waals surface area contributed by atoms with E-state index < -0.39 is 119 Å². The molecule has 3 aromatic rings. The summed E-state index contributed by atoms with van der Waals surface area (Å²) >= 11 is 0. The van der Waals surface area contributed by atoms with Crippen LogP contribution >= 0.6 is 0 Å². The maximum atomic E-state index is 15.5. The number of Topliss-reactive ketones (excluding diaryl/α,β-unsaturated/α-hetero) is 1. The molecule has 3 fully saturated rings. The molecule has 3 aromatic carbocycles. The van der Waals surface area contributed by atoms with E-state index in [0.717, 1.165) is 19.4 Å². The average molecular weight is 872 g/mol. The summed E-state index contributed by atoms with van der Waals surface area (Å²) in [7, 11) is 0. The Morgan fingerprint density at radius 3 is 2.06 bits per heavy atom.